The summed E-state index contributed by atoms with van der Waals surface area (Å²) in [5.74, 6) is 1.08. The first-order valence-electron chi connectivity index (χ1n) is 17.7. The van der Waals surface area contributed by atoms with Crippen molar-refractivity contribution in [2.45, 2.75) is 113 Å². The van der Waals surface area contributed by atoms with Gasteiger partial charge in [-0.05, 0) is 66.4 Å². The number of carbonyl (C=O) groups excluding carboxylic acids is 2. The van der Waals surface area contributed by atoms with Crippen molar-refractivity contribution in [2.24, 2.45) is 11.8 Å². The highest BCUT2D eigenvalue weighted by Gasteiger charge is 2.48. The van der Waals surface area contributed by atoms with Crippen LogP contribution in [-0.2, 0) is 25.3 Å². The SMILES string of the molecule is C=C[C@H](O[Si](C)(C)C(C)(C)C)[C@@H](C)C1(C[C@H](CC[C@@H](O)[C@H](C)C(=O)N2C(=O)OC[C@@H]2c2ccccc2)OCc2ccccc2)SCCCS1. The monoisotopic (exact) mass is 727 g/mol. The Labute approximate surface area is 304 Å². The maximum Gasteiger partial charge on any atom is 0.417 e. The molecule has 0 aliphatic carbocycles. The largest absolute Gasteiger partial charge is 0.446 e. The van der Waals surface area contributed by atoms with E-state index in [4.69, 9.17) is 13.9 Å². The molecule has 0 aromatic heterocycles. The topological polar surface area (TPSA) is 85.3 Å². The van der Waals surface area contributed by atoms with Crippen LogP contribution in [0.2, 0.25) is 18.1 Å². The van der Waals surface area contributed by atoms with Crippen LogP contribution in [0, 0.1) is 11.8 Å². The number of hydrogen-bond acceptors (Lipinski definition) is 8. The number of aliphatic hydroxyl groups is 1. The third-order valence-corrected chi connectivity index (χ3v) is 18.7. The fraction of sp³-hybridized carbons (Fsp3) is 0.590. The number of nitrogens with zero attached hydrogens (tertiary/aromatic N) is 1. The third kappa shape index (κ3) is 10.0. The second-order valence-electron chi connectivity index (χ2n) is 15.0. The van der Waals surface area contributed by atoms with Gasteiger partial charge in [-0.1, -0.05) is 101 Å². The van der Waals surface area contributed by atoms with Crippen molar-refractivity contribution in [1.82, 2.24) is 4.90 Å². The molecule has 7 nitrogen and oxygen atoms in total. The van der Waals surface area contributed by atoms with Crippen molar-refractivity contribution in [1.29, 1.82) is 0 Å². The zero-order chi connectivity index (χ0) is 35.8. The Kier molecular flexibility index (Phi) is 14.1. The second kappa shape index (κ2) is 17.4. The summed E-state index contributed by atoms with van der Waals surface area (Å²) in [6, 6.07) is 19.1. The van der Waals surface area contributed by atoms with Crippen LogP contribution in [0.5, 0.6) is 0 Å². The van der Waals surface area contributed by atoms with Gasteiger partial charge in [0.05, 0.1) is 34.9 Å². The molecule has 0 saturated carbocycles. The maximum absolute atomic E-state index is 13.7. The Morgan fingerprint density at radius 1 is 1.08 bits per heavy atom. The van der Waals surface area contributed by atoms with E-state index in [1.54, 1.807) is 6.92 Å². The minimum atomic E-state index is -2.07. The molecule has 2 fully saturated rings. The predicted molar refractivity (Wildman–Crippen MR) is 205 cm³/mol. The lowest BCUT2D eigenvalue weighted by molar-refractivity contribution is -0.136. The first-order chi connectivity index (χ1) is 23.2. The number of amides is 2. The summed E-state index contributed by atoms with van der Waals surface area (Å²) in [6.45, 7) is 20.2. The summed E-state index contributed by atoms with van der Waals surface area (Å²) in [6.07, 6.45) is 2.94. The summed E-state index contributed by atoms with van der Waals surface area (Å²) < 4.78 is 18.8. The van der Waals surface area contributed by atoms with Crippen molar-refractivity contribution in [2.75, 3.05) is 18.1 Å². The normalized spacial score (nSPS) is 21.3. The number of thioether (sulfide) groups is 2. The zero-order valence-corrected chi connectivity index (χ0v) is 33.1. The van der Waals surface area contributed by atoms with Crippen molar-refractivity contribution in [3.8, 4) is 0 Å². The van der Waals surface area contributed by atoms with Crippen molar-refractivity contribution in [3.05, 3.63) is 84.4 Å². The van der Waals surface area contributed by atoms with E-state index in [9.17, 15) is 14.7 Å². The lowest BCUT2D eigenvalue weighted by atomic mass is 9.91. The smallest absolute Gasteiger partial charge is 0.417 e. The molecular weight excluding hydrogens is 671 g/mol. The van der Waals surface area contributed by atoms with Gasteiger partial charge >= 0.3 is 6.09 Å². The maximum atomic E-state index is 13.7. The Balaban J connectivity index is 1.52. The molecule has 1 N–H and O–H groups in total. The average molecular weight is 728 g/mol. The van der Waals surface area contributed by atoms with Crippen molar-refractivity contribution >= 4 is 43.8 Å². The molecule has 4 rings (SSSR count). The van der Waals surface area contributed by atoms with E-state index in [1.807, 2.05) is 78.1 Å². The summed E-state index contributed by atoms with van der Waals surface area (Å²) >= 11 is 4.01. The molecule has 2 aromatic rings. The summed E-state index contributed by atoms with van der Waals surface area (Å²) in [5, 5.41) is 11.5. The van der Waals surface area contributed by atoms with Crippen LogP contribution in [0.15, 0.2) is 73.3 Å². The van der Waals surface area contributed by atoms with Crippen LogP contribution in [0.25, 0.3) is 0 Å². The Hall–Kier alpha value is -2.08. The van der Waals surface area contributed by atoms with Crippen LogP contribution in [-0.4, -0.2) is 70.8 Å². The Bertz CT molecular complexity index is 1360. The highest BCUT2D eigenvalue weighted by molar-refractivity contribution is 8.18. The molecule has 2 heterocycles. The van der Waals surface area contributed by atoms with Gasteiger partial charge in [0.25, 0.3) is 0 Å². The molecule has 6 atom stereocenters. The molecule has 2 aliphatic heterocycles. The van der Waals surface area contributed by atoms with E-state index in [0.717, 1.165) is 35.5 Å². The van der Waals surface area contributed by atoms with Crippen molar-refractivity contribution in [3.63, 3.8) is 0 Å². The summed E-state index contributed by atoms with van der Waals surface area (Å²) in [4.78, 5) is 27.6. The van der Waals surface area contributed by atoms with Gasteiger partial charge in [-0.15, -0.1) is 30.1 Å². The summed E-state index contributed by atoms with van der Waals surface area (Å²) in [7, 11) is -2.07. The van der Waals surface area contributed by atoms with Crippen LogP contribution in [0.3, 0.4) is 0 Å². The number of rotatable bonds is 16. The lowest BCUT2D eigenvalue weighted by Crippen LogP contribution is -2.49. The Morgan fingerprint density at radius 2 is 1.69 bits per heavy atom. The predicted octanol–water partition coefficient (Wildman–Crippen LogP) is 9.24. The molecule has 2 aromatic carbocycles. The molecule has 2 aliphatic rings. The van der Waals surface area contributed by atoms with E-state index in [-0.39, 0.29) is 33.9 Å². The van der Waals surface area contributed by atoms with Crippen LogP contribution in [0.1, 0.15) is 77.5 Å². The Morgan fingerprint density at radius 3 is 2.29 bits per heavy atom. The highest BCUT2D eigenvalue weighted by atomic mass is 32.2. The van der Waals surface area contributed by atoms with Crippen LogP contribution in [0.4, 0.5) is 4.79 Å². The number of hydrogen-bond donors (Lipinski definition) is 1. The van der Waals surface area contributed by atoms with Gasteiger partial charge in [0, 0.05) is 5.92 Å². The summed E-state index contributed by atoms with van der Waals surface area (Å²) in [5.41, 5.74) is 1.92. The minimum Gasteiger partial charge on any atom is -0.446 e. The second-order valence-corrected chi connectivity index (χ2v) is 22.9. The average Bonchev–Trinajstić information content (AvgIpc) is 3.49. The van der Waals surface area contributed by atoms with Gasteiger partial charge < -0.3 is 19.0 Å². The van der Waals surface area contributed by atoms with E-state index in [2.05, 4.69) is 59.5 Å². The quantitative estimate of drug-likeness (QED) is 0.135. The highest BCUT2D eigenvalue weighted by Crippen LogP contribution is 2.53. The molecule has 49 heavy (non-hydrogen) atoms. The van der Waals surface area contributed by atoms with E-state index >= 15 is 0 Å². The first-order valence-corrected chi connectivity index (χ1v) is 22.5. The molecular formula is C39H57NO6S2Si. The molecule has 10 heteroatoms. The van der Waals surface area contributed by atoms with Crippen LogP contribution < -0.4 is 0 Å². The number of aliphatic hydroxyl groups excluding tert-OH is 1. The van der Waals surface area contributed by atoms with Gasteiger partial charge in [0.15, 0.2) is 8.32 Å². The third-order valence-electron chi connectivity index (χ3n) is 10.5. The van der Waals surface area contributed by atoms with Crippen molar-refractivity contribution < 1.29 is 28.6 Å². The number of imide groups is 1. The fourth-order valence-electron chi connectivity index (χ4n) is 6.20. The molecule has 2 amide bonds. The number of carbonyl (C=O) groups is 2. The number of cyclic esters (lactones) is 1. The van der Waals surface area contributed by atoms with E-state index in [0.29, 0.717) is 19.4 Å². The van der Waals surface area contributed by atoms with Crippen LogP contribution >= 0.6 is 23.5 Å². The zero-order valence-electron chi connectivity index (χ0n) is 30.4. The molecule has 0 spiro atoms. The molecule has 270 valence electrons. The van der Waals surface area contributed by atoms with E-state index in [1.165, 1.54) is 4.90 Å². The van der Waals surface area contributed by atoms with Gasteiger partial charge in [0.1, 0.15) is 12.6 Å². The molecule has 0 unspecified atom stereocenters. The van der Waals surface area contributed by atoms with E-state index < -0.39 is 38.4 Å². The molecule has 0 radical (unpaired) electrons. The molecule has 0 bridgehead atoms. The lowest BCUT2D eigenvalue weighted by Gasteiger charge is -2.48. The van der Waals surface area contributed by atoms with Gasteiger partial charge in [-0.3, -0.25) is 4.79 Å². The number of benzene rings is 2. The standard InChI is InChI=1S/C39H57NO6S2Si/c1-9-35(46-49(7,8)38(4,5)6)29(3)39(47-23-16-24-48-39)25-32(44-26-30-17-12-10-13-18-30)21-22-34(41)28(2)36(42)40-33(27-45-37(40)43)31-19-14-11-15-20-31/h9-15,17-20,28-29,32-35,41H,1,16,21-27H2,2-8H3/t28-,29+,32-,33+,34+,35-/m0/s1. The number of ether oxygens (including phenoxy) is 2. The molecule has 2 saturated heterocycles. The van der Waals surface area contributed by atoms with Gasteiger partial charge in [0.2, 0.25) is 5.91 Å². The van der Waals surface area contributed by atoms with Gasteiger partial charge in [-0.25, -0.2) is 9.69 Å². The van der Waals surface area contributed by atoms with Gasteiger partial charge in [-0.2, -0.15) is 0 Å². The fourth-order valence-corrected chi connectivity index (χ4v) is 11.2. The minimum absolute atomic E-state index is 0.0759. The first kappa shape index (κ1) is 39.7.